The first kappa shape index (κ1) is 12.0. The largest absolute Gasteiger partial charge is 0.465 e. The lowest BCUT2D eigenvalue weighted by Gasteiger charge is -2.25. The summed E-state index contributed by atoms with van der Waals surface area (Å²) in [7, 11) is 0. The number of rotatable bonds is 2. The van der Waals surface area contributed by atoms with E-state index in [9.17, 15) is 9.90 Å². The number of carbonyl (C=O) groups is 1. The van der Waals surface area contributed by atoms with Crippen LogP contribution in [0.1, 0.15) is 49.8 Å². The lowest BCUT2D eigenvalue weighted by molar-refractivity contribution is 0.140. The lowest BCUT2D eigenvalue weighted by atomic mass is 9.92. The van der Waals surface area contributed by atoms with E-state index >= 15 is 0 Å². The molecule has 3 nitrogen and oxygen atoms in total. The second-order valence-electron chi connectivity index (χ2n) is 4.92. The van der Waals surface area contributed by atoms with Crippen molar-refractivity contribution >= 4 is 6.09 Å². The second-order valence-corrected chi connectivity index (χ2v) is 4.92. The lowest BCUT2D eigenvalue weighted by Crippen LogP contribution is -2.29. The van der Waals surface area contributed by atoms with Gasteiger partial charge in [-0.2, -0.15) is 0 Å². The van der Waals surface area contributed by atoms with Crippen LogP contribution in [-0.2, 0) is 0 Å². The quantitative estimate of drug-likeness (QED) is 0.847. The van der Waals surface area contributed by atoms with Gasteiger partial charge in [0.2, 0.25) is 0 Å². The van der Waals surface area contributed by atoms with Crippen molar-refractivity contribution in [2.24, 2.45) is 0 Å². The van der Waals surface area contributed by atoms with Crippen molar-refractivity contribution in [2.75, 3.05) is 6.54 Å². The van der Waals surface area contributed by atoms with Crippen LogP contribution in [0.5, 0.6) is 0 Å². The number of carboxylic acid groups (broad SMARTS) is 1. The van der Waals surface area contributed by atoms with Crippen LogP contribution in [0.3, 0.4) is 0 Å². The summed E-state index contributed by atoms with van der Waals surface area (Å²) in [5, 5.41) is 9.20. The number of benzene rings is 1. The Kier molecular flexibility index (Phi) is 3.36. The molecule has 0 radical (unpaired) electrons. The Labute approximate surface area is 102 Å². The minimum atomic E-state index is -0.800. The van der Waals surface area contributed by atoms with E-state index in [0.29, 0.717) is 12.5 Å². The second kappa shape index (κ2) is 4.78. The van der Waals surface area contributed by atoms with Gasteiger partial charge < -0.3 is 10.0 Å². The van der Waals surface area contributed by atoms with Gasteiger partial charge in [0.25, 0.3) is 0 Å². The number of hydrogen-bond acceptors (Lipinski definition) is 1. The molecule has 3 heteroatoms. The molecule has 0 aromatic heterocycles. The van der Waals surface area contributed by atoms with Crippen molar-refractivity contribution in [3.63, 3.8) is 0 Å². The summed E-state index contributed by atoms with van der Waals surface area (Å²) in [6.45, 7) is 4.96. The van der Waals surface area contributed by atoms with E-state index in [1.807, 2.05) is 12.1 Å². The standard InChI is InChI=1S/C14H19NO2/c1-10(2)11-6-3-4-7-12(11)13-8-5-9-15(13)14(16)17/h3-4,6-7,10,13H,5,8-9H2,1-2H3,(H,16,17)/t13-/m0/s1. The van der Waals surface area contributed by atoms with Crippen molar-refractivity contribution < 1.29 is 9.90 Å². The summed E-state index contributed by atoms with van der Waals surface area (Å²) in [6.07, 6.45) is 1.10. The Morgan fingerprint density at radius 3 is 2.76 bits per heavy atom. The average molecular weight is 233 g/mol. The van der Waals surface area contributed by atoms with E-state index in [2.05, 4.69) is 26.0 Å². The minimum Gasteiger partial charge on any atom is -0.465 e. The van der Waals surface area contributed by atoms with Crippen LogP contribution in [0.15, 0.2) is 24.3 Å². The monoisotopic (exact) mass is 233 g/mol. The Hall–Kier alpha value is -1.51. The molecule has 1 aliphatic rings. The third-order valence-electron chi connectivity index (χ3n) is 3.48. The van der Waals surface area contributed by atoms with Crippen LogP contribution in [0.4, 0.5) is 4.79 Å². The van der Waals surface area contributed by atoms with Gasteiger partial charge in [-0.15, -0.1) is 0 Å². The SMILES string of the molecule is CC(C)c1ccccc1[C@@H]1CCCN1C(=O)O. The van der Waals surface area contributed by atoms with E-state index in [4.69, 9.17) is 0 Å². The topological polar surface area (TPSA) is 40.5 Å². The zero-order chi connectivity index (χ0) is 12.4. The smallest absolute Gasteiger partial charge is 0.407 e. The first-order chi connectivity index (χ1) is 8.11. The molecule has 0 aliphatic carbocycles. The molecule has 1 fully saturated rings. The van der Waals surface area contributed by atoms with Gasteiger partial charge in [0.05, 0.1) is 6.04 Å². The number of nitrogens with zero attached hydrogens (tertiary/aromatic N) is 1. The maximum atomic E-state index is 11.2. The van der Waals surface area contributed by atoms with Crippen molar-refractivity contribution in [3.05, 3.63) is 35.4 Å². The normalized spacial score (nSPS) is 19.9. The first-order valence-corrected chi connectivity index (χ1v) is 6.19. The molecule has 1 saturated heterocycles. The molecule has 17 heavy (non-hydrogen) atoms. The maximum absolute atomic E-state index is 11.2. The molecule has 2 rings (SSSR count). The molecule has 0 unspecified atom stereocenters. The molecule has 1 aliphatic heterocycles. The molecule has 1 aromatic carbocycles. The zero-order valence-corrected chi connectivity index (χ0v) is 10.4. The fraction of sp³-hybridized carbons (Fsp3) is 0.500. The van der Waals surface area contributed by atoms with Crippen molar-refractivity contribution in [3.8, 4) is 0 Å². The van der Waals surface area contributed by atoms with Gasteiger partial charge in [-0.1, -0.05) is 38.1 Å². The number of likely N-dealkylation sites (tertiary alicyclic amines) is 1. The Bertz CT molecular complexity index is 414. The van der Waals surface area contributed by atoms with E-state index < -0.39 is 6.09 Å². The van der Waals surface area contributed by atoms with Crippen molar-refractivity contribution in [1.82, 2.24) is 4.90 Å². The molecular formula is C14H19NO2. The van der Waals surface area contributed by atoms with E-state index in [0.717, 1.165) is 12.8 Å². The van der Waals surface area contributed by atoms with Gasteiger partial charge in [-0.3, -0.25) is 0 Å². The van der Waals surface area contributed by atoms with Crippen molar-refractivity contribution in [2.45, 2.75) is 38.6 Å². The Balaban J connectivity index is 2.36. The van der Waals surface area contributed by atoms with Crippen molar-refractivity contribution in [1.29, 1.82) is 0 Å². The summed E-state index contributed by atoms with van der Waals surface area (Å²) in [5.41, 5.74) is 2.45. The molecule has 1 heterocycles. The molecule has 0 spiro atoms. The van der Waals surface area contributed by atoms with Crippen LogP contribution < -0.4 is 0 Å². The van der Waals surface area contributed by atoms with Gasteiger partial charge in [0.1, 0.15) is 0 Å². The van der Waals surface area contributed by atoms with E-state index in [1.165, 1.54) is 11.1 Å². The average Bonchev–Trinajstić information content (AvgIpc) is 2.77. The molecule has 92 valence electrons. The highest BCUT2D eigenvalue weighted by Gasteiger charge is 2.31. The summed E-state index contributed by atoms with van der Waals surface area (Å²) in [6, 6.07) is 8.25. The fourth-order valence-corrected chi connectivity index (χ4v) is 2.66. The number of hydrogen-bond donors (Lipinski definition) is 1. The van der Waals surface area contributed by atoms with Gasteiger partial charge >= 0.3 is 6.09 Å². The Morgan fingerprint density at radius 1 is 1.41 bits per heavy atom. The van der Waals surface area contributed by atoms with Crippen LogP contribution >= 0.6 is 0 Å². The van der Waals surface area contributed by atoms with Gasteiger partial charge in [-0.25, -0.2) is 4.79 Å². The van der Waals surface area contributed by atoms with Gasteiger partial charge in [0, 0.05) is 6.54 Å². The highest BCUT2D eigenvalue weighted by Crippen LogP contribution is 2.35. The van der Waals surface area contributed by atoms with Gasteiger partial charge in [0.15, 0.2) is 0 Å². The third-order valence-corrected chi connectivity index (χ3v) is 3.48. The van der Waals surface area contributed by atoms with E-state index in [-0.39, 0.29) is 6.04 Å². The number of amides is 1. The Morgan fingerprint density at radius 2 is 2.12 bits per heavy atom. The van der Waals surface area contributed by atoms with E-state index in [1.54, 1.807) is 4.90 Å². The zero-order valence-electron chi connectivity index (χ0n) is 10.4. The maximum Gasteiger partial charge on any atom is 0.407 e. The molecule has 0 saturated carbocycles. The summed E-state index contributed by atoms with van der Waals surface area (Å²) < 4.78 is 0. The molecule has 0 bridgehead atoms. The molecule has 1 N–H and O–H groups in total. The van der Waals surface area contributed by atoms with Crippen LogP contribution in [0.25, 0.3) is 0 Å². The summed E-state index contributed by atoms with van der Waals surface area (Å²) in [4.78, 5) is 12.8. The third kappa shape index (κ3) is 2.28. The van der Waals surface area contributed by atoms with Crippen LogP contribution in [-0.4, -0.2) is 22.6 Å². The first-order valence-electron chi connectivity index (χ1n) is 6.19. The van der Waals surface area contributed by atoms with Gasteiger partial charge in [-0.05, 0) is 29.9 Å². The molecule has 1 amide bonds. The molecular weight excluding hydrogens is 214 g/mol. The van der Waals surface area contributed by atoms with Crippen LogP contribution in [0.2, 0.25) is 0 Å². The van der Waals surface area contributed by atoms with Crippen LogP contribution in [0, 0.1) is 0 Å². The predicted octanol–water partition coefficient (Wildman–Crippen LogP) is 3.62. The summed E-state index contributed by atoms with van der Waals surface area (Å²) >= 11 is 0. The predicted molar refractivity (Wildman–Crippen MR) is 67.2 cm³/mol. The highest BCUT2D eigenvalue weighted by atomic mass is 16.4. The fourth-order valence-electron chi connectivity index (χ4n) is 2.66. The molecule has 1 aromatic rings. The summed E-state index contributed by atoms with van der Waals surface area (Å²) in [5.74, 6) is 0.433. The highest BCUT2D eigenvalue weighted by molar-refractivity contribution is 5.66. The minimum absolute atomic E-state index is 0.0473. The molecule has 1 atom stereocenters.